The second kappa shape index (κ2) is 5.32. The number of hydrogen-bond acceptors (Lipinski definition) is 5. The monoisotopic (exact) mass is 255 g/mol. The van der Waals surface area contributed by atoms with E-state index in [1.807, 2.05) is 30.7 Å². The van der Waals surface area contributed by atoms with Crippen LogP contribution in [-0.2, 0) is 0 Å². The number of nitrogens with zero attached hydrogens (tertiary/aromatic N) is 4. The van der Waals surface area contributed by atoms with Gasteiger partial charge >= 0.3 is 0 Å². The molecule has 1 fully saturated rings. The van der Waals surface area contributed by atoms with Crippen molar-refractivity contribution in [1.29, 1.82) is 0 Å². The maximum absolute atomic E-state index is 5.78. The zero-order valence-corrected chi connectivity index (χ0v) is 10.7. The molecular weight excluding hydrogens is 238 g/mol. The molecule has 1 unspecified atom stereocenters. The second-order valence-electron chi connectivity index (χ2n) is 4.74. The van der Waals surface area contributed by atoms with Crippen LogP contribution in [0, 0.1) is 0 Å². The summed E-state index contributed by atoms with van der Waals surface area (Å²) in [5, 5.41) is 0. The molecule has 0 amide bonds. The van der Waals surface area contributed by atoms with E-state index in [0.717, 1.165) is 36.5 Å². The minimum atomic E-state index is 0.379. The van der Waals surface area contributed by atoms with Gasteiger partial charge in [-0.2, -0.15) is 0 Å². The number of rotatable bonds is 3. The summed E-state index contributed by atoms with van der Waals surface area (Å²) in [4.78, 5) is 15.2. The number of pyridine rings is 1. The van der Waals surface area contributed by atoms with Crippen molar-refractivity contribution in [2.75, 3.05) is 18.0 Å². The van der Waals surface area contributed by atoms with E-state index < -0.39 is 0 Å². The third kappa shape index (κ3) is 2.42. The first-order valence-electron chi connectivity index (χ1n) is 6.57. The first kappa shape index (κ1) is 12.0. The molecule has 0 saturated carbocycles. The molecule has 1 aliphatic heterocycles. The molecule has 0 bridgehead atoms. The van der Waals surface area contributed by atoms with Crippen LogP contribution in [0.1, 0.15) is 12.8 Å². The van der Waals surface area contributed by atoms with E-state index in [4.69, 9.17) is 5.73 Å². The van der Waals surface area contributed by atoms with Gasteiger partial charge in [0.2, 0.25) is 5.95 Å². The summed E-state index contributed by atoms with van der Waals surface area (Å²) in [5.74, 6) is 0.778. The van der Waals surface area contributed by atoms with Crippen LogP contribution in [0.15, 0.2) is 36.9 Å². The highest BCUT2D eigenvalue weighted by Gasteiger charge is 2.25. The molecule has 3 rings (SSSR count). The lowest BCUT2D eigenvalue weighted by molar-refractivity contribution is 0.664. The molecule has 19 heavy (non-hydrogen) atoms. The maximum atomic E-state index is 5.78. The Hall–Kier alpha value is -2.01. The molecule has 0 aliphatic carbocycles. The van der Waals surface area contributed by atoms with Crippen LogP contribution >= 0.6 is 0 Å². The minimum Gasteiger partial charge on any atom is -0.337 e. The van der Waals surface area contributed by atoms with Gasteiger partial charge in [-0.1, -0.05) is 6.07 Å². The first-order valence-corrected chi connectivity index (χ1v) is 6.57. The van der Waals surface area contributed by atoms with Gasteiger partial charge in [0.1, 0.15) is 0 Å². The smallest absolute Gasteiger partial charge is 0.225 e. The standard InChI is InChI=1S/C14H17N5/c15-7-13-4-2-6-19(13)14-17-9-12(10-18-14)11-3-1-5-16-8-11/h1,3,5,8-10,13H,2,4,6-7,15H2. The van der Waals surface area contributed by atoms with Gasteiger partial charge in [-0.3, -0.25) is 4.98 Å². The maximum Gasteiger partial charge on any atom is 0.225 e. The molecular formula is C14H17N5. The molecule has 0 radical (unpaired) electrons. The third-order valence-electron chi connectivity index (χ3n) is 3.54. The van der Waals surface area contributed by atoms with Crippen molar-refractivity contribution in [3.8, 4) is 11.1 Å². The fraction of sp³-hybridized carbons (Fsp3) is 0.357. The summed E-state index contributed by atoms with van der Waals surface area (Å²) in [7, 11) is 0. The van der Waals surface area contributed by atoms with Gasteiger partial charge < -0.3 is 10.6 Å². The zero-order chi connectivity index (χ0) is 13.1. The number of nitrogens with two attached hydrogens (primary N) is 1. The van der Waals surface area contributed by atoms with Crippen LogP contribution in [0.25, 0.3) is 11.1 Å². The fourth-order valence-corrected chi connectivity index (χ4v) is 2.50. The molecule has 2 aromatic rings. The highest BCUT2D eigenvalue weighted by Crippen LogP contribution is 2.23. The van der Waals surface area contributed by atoms with E-state index in [-0.39, 0.29) is 0 Å². The van der Waals surface area contributed by atoms with Crippen molar-refractivity contribution in [2.24, 2.45) is 5.73 Å². The fourth-order valence-electron chi connectivity index (χ4n) is 2.50. The van der Waals surface area contributed by atoms with Crippen molar-refractivity contribution in [3.63, 3.8) is 0 Å². The Kier molecular flexibility index (Phi) is 3.37. The van der Waals surface area contributed by atoms with Gasteiger partial charge in [-0.25, -0.2) is 9.97 Å². The Morgan fingerprint density at radius 3 is 2.74 bits per heavy atom. The van der Waals surface area contributed by atoms with Crippen molar-refractivity contribution in [2.45, 2.75) is 18.9 Å². The average Bonchev–Trinajstić information content (AvgIpc) is 2.97. The van der Waals surface area contributed by atoms with E-state index >= 15 is 0 Å². The molecule has 0 spiro atoms. The van der Waals surface area contributed by atoms with Crippen LogP contribution in [0.3, 0.4) is 0 Å². The molecule has 5 heteroatoms. The van der Waals surface area contributed by atoms with Gasteiger partial charge in [-0.15, -0.1) is 0 Å². The lowest BCUT2D eigenvalue weighted by atomic mass is 10.2. The van der Waals surface area contributed by atoms with E-state index in [1.54, 1.807) is 6.20 Å². The number of anilines is 1. The molecule has 1 aliphatic rings. The van der Waals surface area contributed by atoms with Gasteiger partial charge in [0.05, 0.1) is 0 Å². The van der Waals surface area contributed by atoms with Gasteiger partial charge in [0, 0.05) is 55.0 Å². The van der Waals surface area contributed by atoms with Crippen LogP contribution in [0.4, 0.5) is 5.95 Å². The summed E-state index contributed by atoms with van der Waals surface area (Å²) in [6, 6.07) is 4.29. The number of hydrogen-bond donors (Lipinski definition) is 1. The Balaban J connectivity index is 1.83. The van der Waals surface area contributed by atoms with Crippen molar-refractivity contribution < 1.29 is 0 Å². The largest absolute Gasteiger partial charge is 0.337 e. The Morgan fingerprint density at radius 1 is 1.21 bits per heavy atom. The first-order chi connectivity index (χ1) is 9.38. The SMILES string of the molecule is NCC1CCCN1c1ncc(-c2cccnc2)cn1. The van der Waals surface area contributed by atoms with Crippen LogP contribution < -0.4 is 10.6 Å². The normalized spacial score (nSPS) is 18.8. The van der Waals surface area contributed by atoms with Crippen molar-refractivity contribution in [1.82, 2.24) is 15.0 Å². The summed E-state index contributed by atoms with van der Waals surface area (Å²) >= 11 is 0. The molecule has 98 valence electrons. The summed E-state index contributed by atoms with van der Waals surface area (Å²) in [6.07, 6.45) is 9.57. The van der Waals surface area contributed by atoms with E-state index in [1.165, 1.54) is 0 Å². The molecule has 2 aromatic heterocycles. The van der Waals surface area contributed by atoms with Crippen molar-refractivity contribution >= 4 is 5.95 Å². The molecule has 0 aromatic carbocycles. The highest BCUT2D eigenvalue weighted by molar-refractivity contribution is 5.60. The second-order valence-corrected chi connectivity index (χ2v) is 4.74. The molecule has 3 heterocycles. The average molecular weight is 255 g/mol. The predicted molar refractivity (Wildman–Crippen MR) is 74.7 cm³/mol. The summed E-state index contributed by atoms with van der Waals surface area (Å²) in [5.41, 5.74) is 7.80. The quantitative estimate of drug-likeness (QED) is 0.899. The zero-order valence-electron chi connectivity index (χ0n) is 10.7. The van der Waals surface area contributed by atoms with Crippen LogP contribution in [0.5, 0.6) is 0 Å². The van der Waals surface area contributed by atoms with Gasteiger partial charge in [-0.05, 0) is 18.9 Å². The Labute approximate surface area is 112 Å². The summed E-state index contributed by atoms with van der Waals surface area (Å²) < 4.78 is 0. The lowest BCUT2D eigenvalue weighted by Gasteiger charge is -2.23. The van der Waals surface area contributed by atoms with Gasteiger partial charge in [0.25, 0.3) is 0 Å². The Bertz CT molecular complexity index is 525. The van der Waals surface area contributed by atoms with Gasteiger partial charge in [0.15, 0.2) is 0 Å². The van der Waals surface area contributed by atoms with E-state index in [2.05, 4.69) is 19.9 Å². The molecule has 1 atom stereocenters. The Morgan fingerprint density at radius 2 is 2.05 bits per heavy atom. The van der Waals surface area contributed by atoms with E-state index in [9.17, 15) is 0 Å². The number of aromatic nitrogens is 3. The molecule has 5 nitrogen and oxygen atoms in total. The van der Waals surface area contributed by atoms with E-state index in [0.29, 0.717) is 12.6 Å². The third-order valence-corrected chi connectivity index (χ3v) is 3.54. The molecule has 1 saturated heterocycles. The lowest BCUT2D eigenvalue weighted by Crippen LogP contribution is -2.36. The topological polar surface area (TPSA) is 67.9 Å². The highest BCUT2D eigenvalue weighted by atomic mass is 15.3. The van der Waals surface area contributed by atoms with Crippen LogP contribution in [0.2, 0.25) is 0 Å². The predicted octanol–water partition coefficient (Wildman–Crippen LogP) is 1.47. The molecule has 2 N–H and O–H groups in total. The van der Waals surface area contributed by atoms with Crippen LogP contribution in [-0.4, -0.2) is 34.1 Å². The summed E-state index contributed by atoms with van der Waals surface area (Å²) in [6.45, 7) is 1.65. The van der Waals surface area contributed by atoms with Crippen molar-refractivity contribution in [3.05, 3.63) is 36.9 Å². The minimum absolute atomic E-state index is 0.379.